The lowest BCUT2D eigenvalue weighted by molar-refractivity contribution is -0.275. The van der Waals surface area contributed by atoms with Crippen LogP contribution in [0.15, 0.2) is 35.5 Å². The Morgan fingerprint density at radius 1 is 1.19 bits per heavy atom. The van der Waals surface area contributed by atoms with Crippen molar-refractivity contribution in [1.29, 1.82) is 5.26 Å². The molecule has 0 aromatic heterocycles. The molecule has 1 aliphatic carbocycles. The number of rotatable bonds is 4. The largest absolute Gasteiger partial charge is 0.435 e. The number of carbonyl (C=O) groups excluding carboxylic acids is 2. The third kappa shape index (κ3) is 4.71. The third-order valence-electron chi connectivity index (χ3n) is 6.20. The Labute approximate surface area is 218 Å². The molecule has 2 aliphatic rings. The van der Waals surface area contributed by atoms with E-state index in [1.54, 1.807) is 0 Å². The van der Waals surface area contributed by atoms with Gasteiger partial charge in [-0.25, -0.2) is 14.1 Å². The summed E-state index contributed by atoms with van der Waals surface area (Å²) in [7, 11) is 1.19. The first-order valence-corrected chi connectivity index (χ1v) is 11.5. The number of ether oxygens (including phenoxy) is 1. The van der Waals surface area contributed by atoms with Gasteiger partial charge < -0.3 is 9.57 Å². The van der Waals surface area contributed by atoms with E-state index >= 15 is 0 Å². The fourth-order valence-electron chi connectivity index (χ4n) is 3.78. The van der Waals surface area contributed by atoms with Crippen molar-refractivity contribution in [2.75, 3.05) is 7.05 Å². The first kappa shape index (κ1) is 26.7. The molecule has 1 aliphatic heterocycles. The van der Waals surface area contributed by atoms with Crippen LogP contribution in [0.4, 0.5) is 22.4 Å². The number of halogens is 6. The lowest BCUT2D eigenvalue weighted by atomic mass is 9.86. The summed E-state index contributed by atoms with van der Waals surface area (Å²) in [4.78, 5) is 30.7. The lowest BCUT2D eigenvalue weighted by Crippen LogP contribution is -2.42. The van der Waals surface area contributed by atoms with Gasteiger partial charge in [-0.2, -0.15) is 18.4 Å². The highest BCUT2D eigenvalue weighted by Crippen LogP contribution is 2.50. The molecule has 1 saturated carbocycles. The topological polar surface area (TPSA) is 92.0 Å². The Kier molecular flexibility index (Phi) is 6.63. The van der Waals surface area contributed by atoms with Crippen LogP contribution in [-0.4, -0.2) is 41.4 Å². The van der Waals surface area contributed by atoms with Gasteiger partial charge in [0.25, 0.3) is 11.5 Å². The standard InChI is InChI=1S/C24H17Cl2F4N3O4/c1-12-7-13(3-4-15(12)20(34)33(2)21(35)36-22(11-31)5-6-22)18-10-23(37-32-18,24(28,29)30)14-8-16(25)19(27)17(26)9-14/h3-4,7-9H,5-6,10H2,1-2H3. The summed E-state index contributed by atoms with van der Waals surface area (Å²) in [6, 6.07) is 7.56. The SMILES string of the molecule is Cc1cc(C2=NOC(c3cc(Cl)c(F)c(Cl)c3)(C(F)(F)F)C2)ccc1C(=O)N(C)C(=O)OC1(C#N)CC1. The van der Waals surface area contributed by atoms with Gasteiger partial charge >= 0.3 is 12.3 Å². The summed E-state index contributed by atoms with van der Waals surface area (Å²) < 4.78 is 61.6. The number of nitrogens with zero attached hydrogens (tertiary/aromatic N) is 3. The van der Waals surface area contributed by atoms with Crippen LogP contribution in [0.3, 0.4) is 0 Å². The zero-order valence-corrected chi connectivity index (χ0v) is 20.8. The molecule has 1 atom stereocenters. The predicted molar refractivity (Wildman–Crippen MR) is 124 cm³/mol. The van der Waals surface area contributed by atoms with Gasteiger partial charge in [0, 0.05) is 37.4 Å². The molecule has 0 bridgehead atoms. The zero-order valence-electron chi connectivity index (χ0n) is 19.3. The summed E-state index contributed by atoms with van der Waals surface area (Å²) >= 11 is 11.4. The van der Waals surface area contributed by atoms with Gasteiger partial charge in [0.2, 0.25) is 0 Å². The quantitative estimate of drug-likeness (QED) is 0.325. The van der Waals surface area contributed by atoms with E-state index in [2.05, 4.69) is 5.16 Å². The summed E-state index contributed by atoms with van der Waals surface area (Å²) in [5.74, 6) is -1.79. The number of imide groups is 1. The maximum atomic E-state index is 14.2. The van der Waals surface area contributed by atoms with E-state index in [0.717, 1.165) is 12.1 Å². The van der Waals surface area contributed by atoms with Crippen molar-refractivity contribution >= 4 is 40.9 Å². The fraction of sp³-hybridized carbons (Fsp3) is 0.333. The van der Waals surface area contributed by atoms with E-state index in [0.29, 0.717) is 23.3 Å². The van der Waals surface area contributed by atoms with Crippen LogP contribution in [0.2, 0.25) is 10.0 Å². The fourth-order valence-corrected chi connectivity index (χ4v) is 4.27. The van der Waals surface area contributed by atoms with Crippen LogP contribution < -0.4 is 0 Å². The van der Waals surface area contributed by atoms with Crippen LogP contribution in [-0.2, 0) is 15.2 Å². The lowest BCUT2D eigenvalue weighted by Gasteiger charge is -2.29. The van der Waals surface area contributed by atoms with Crippen molar-refractivity contribution in [2.45, 2.75) is 43.6 Å². The highest BCUT2D eigenvalue weighted by atomic mass is 35.5. The van der Waals surface area contributed by atoms with Crippen molar-refractivity contribution < 1.29 is 36.7 Å². The monoisotopic (exact) mass is 557 g/mol. The van der Waals surface area contributed by atoms with Crippen molar-refractivity contribution in [3.63, 3.8) is 0 Å². The third-order valence-corrected chi connectivity index (χ3v) is 6.75. The Bertz CT molecular complexity index is 1360. The predicted octanol–water partition coefficient (Wildman–Crippen LogP) is 6.29. The molecule has 7 nitrogen and oxygen atoms in total. The first-order chi connectivity index (χ1) is 17.2. The molecular formula is C24H17Cl2F4N3O4. The average molecular weight is 558 g/mol. The molecule has 2 amide bonds. The van der Waals surface area contributed by atoms with E-state index in [4.69, 9.17) is 38.0 Å². The van der Waals surface area contributed by atoms with Crippen LogP contribution in [0.1, 0.15) is 46.3 Å². The van der Waals surface area contributed by atoms with E-state index in [9.17, 15) is 27.2 Å². The zero-order chi connectivity index (χ0) is 27.3. The minimum Gasteiger partial charge on any atom is -0.427 e. The van der Waals surface area contributed by atoms with Gasteiger partial charge in [-0.3, -0.25) is 4.79 Å². The van der Waals surface area contributed by atoms with Gasteiger partial charge in [-0.05, 0) is 42.3 Å². The van der Waals surface area contributed by atoms with Crippen LogP contribution >= 0.6 is 23.2 Å². The van der Waals surface area contributed by atoms with Gasteiger partial charge in [0.1, 0.15) is 6.07 Å². The second-order valence-electron chi connectivity index (χ2n) is 8.75. The van der Waals surface area contributed by atoms with Crippen LogP contribution in [0, 0.1) is 24.1 Å². The highest BCUT2D eigenvalue weighted by molar-refractivity contribution is 6.35. The first-order valence-electron chi connectivity index (χ1n) is 10.7. The van der Waals surface area contributed by atoms with Crippen LogP contribution in [0.25, 0.3) is 0 Å². The summed E-state index contributed by atoms with van der Waals surface area (Å²) in [5.41, 5.74) is -4.14. The molecule has 4 rings (SSSR count). The molecule has 2 aromatic carbocycles. The van der Waals surface area contributed by atoms with E-state index in [1.165, 1.54) is 32.2 Å². The number of hydrogen-bond acceptors (Lipinski definition) is 6. The van der Waals surface area contributed by atoms with Gasteiger partial charge in [-0.1, -0.05) is 34.4 Å². The molecule has 0 saturated heterocycles. The number of alkyl halides is 3. The van der Waals surface area contributed by atoms with Crippen molar-refractivity contribution in [2.24, 2.45) is 5.16 Å². The van der Waals surface area contributed by atoms with Gasteiger partial charge in [-0.15, -0.1) is 0 Å². The summed E-state index contributed by atoms with van der Waals surface area (Å²) in [6.45, 7) is 1.53. The smallest absolute Gasteiger partial charge is 0.427 e. The minimum atomic E-state index is -4.97. The number of hydrogen-bond donors (Lipinski definition) is 0. The van der Waals surface area contributed by atoms with Gasteiger partial charge in [0.15, 0.2) is 11.4 Å². The minimum absolute atomic E-state index is 0.0868. The molecule has 1 unspecified atom stereocenters. The highest BCUT2D eigenvalue weighted by Gasteiger charge is 2.62. The number of aryl methyl sites for hydroxylation is 1. The average Bonchev–Trinajstić information content (AvgIpc) is 3.45. The second-order valence-corrected chi connectivity index (χ2v) is 9.57. The molecule has 2 aromatic rings. The Balaban J connectivity index is 1.58. The number of nitriles is 1. The number of benzene rings is 2. The summed E-state index contributed by atoms with van der Waals surface area (Å²) in [6.07, 6.45) is -5.98. The van der Waals surface area contributed by atoms with Gasteiger partial charge in [0.05, 0.1) is 15.8 Å². The summed E-state index contributed by atoms with van der Waals surface area (Å²) in [5, 5.41) is 11.5. The number of amides is 2. The molecule has 0 radical (unpaired) electrons. The normalized spacial score (nSPS) is 19.9. The molecule has 0 N–H and O–H groups in total. The molecule has 37 heavy (non-hydrogen) atoms. The van der Waals surface area contributed by atoms with Crippen molar-refractivity contribution in [3.8, 4) is 6.07 Å². The molecule has 1 fully saturated rings. The Hall–Kier alpha value is -3.36. The Morgan fingerprint density at radius 3 is 2.32 bits per heavy atom. The number of carbonyl (C=O) groups is 2. The van der Waals surface area contributed by atoms with Crippen molar-refractivity contribution in [1.82, 2.24) is 4.90 Å². The second kappa shape index (κ2) is 9.19. The van der Waals surface area contributed by atoms with E-state index in [-0.39, 0.29) is 16.8 Å². The van der Waals surface area contributed by atoms with E-state index < -0.39 is 57.2 Å². The maximum absolute atomic E-state index is 14.2. The van der Waals surface area contributed by atoms with Crippen LogP contribution in [0.5, 0.6) is 0 Å². The Morgan fingerprint density at radius 2 is 1.81 bits per heavy atom. The van der Waals surface area contributed by atoms with E-state index in [1.807, 2.05) is 6.07 Å². The van der Waals surface area contributed by atoms with Crippen molar-refractivity contribution in [3.05, 3.63) is 68.4 Å². The molecule has 13 heteroatoms. The molecular weight excluding hydrogens is 541 g/mol. The number of oxime groups is 1. The molecule has 1 heterocycles. The maximum Gasteiger partial charge on any atom is 0.435 e. The molecule has 0 spiro atoms. The molecule has 194 valence electrons.